The van der Waals surface area contributed by atoms with E-state index in [9.17, 15) is 4.79 Å². The van der Waals surface area contributed by atoms with E-state index in [1.807, 2.05) is 0 Å². The fourth-order valence-electron chi connectivity index (χ4n) is 2.83. The molecular weight excluding hydrogens is 254 g/mol. The first-order valence-corrected chi connectivity index (χ1v) is 8.29. The Morgan fingerprint density at radius 2 is 2.06 bits per heavy atom. The molecule has 1 N–H and O–H groups in total. The molecule has 0 bridgehead atoms. The van der Waals surface area contributed by atoms with Crippen LogP contribution in [0.25, 0.3) is 0 Å². The Kier molecular flexibility index (Phi) is 5.04. The fourth-order valence-corrected chi connectivity index (χ4v) is 4.38. The smallest absolute Gasteiger partial charge is 0.233 e. The van der Waals surface area contributed by atoms with Crippen LogP contribution in [0.1, 0.15) is 44.9 Å². The summed E-state index contributed by atoms with van der Waals surface area (Å²) in [4.78, 5) is 12.0. The van der Waals surface area contributed by atoms with E-state index in [1.54, 1.807) is 11.8 Å². The fraction of sp³-hybridized carbons (Fsp3) is 0.923. The van der Waals surface area contributed by atoms with Crippen LogP contribution >= 0.6 is 23.4 Å². The SMILES string of the molecule is O=C(NCC1(CCl)CCCCC1)C1CCCS1. The lowest BCUT2D eigenvalue weighted by Crippen LogP contribution is -2.42. The highest BCUT2D eigenvalue weighted by Gasteiger charge is 2.32. The van der Waals surface area contributed by atoms with Crippen molar-refractivity contribution in [1.82, 2.24) is 5.32 Å². The van der Waals surface area contributed by atoms with Gasteiger partial charge in [-0.1, -0.05) is 19.3 Å². The summed E-state index contributed by atoms with van der Waals surface area (Å²) in [5, 5.41) is 3.34. The van der Waals surface area contributed by atoms with Crippen LogP contribution in [0.15, 0.2) is 0 Å². The predicted octanol–water partition coefficient (Wildman–Crippen LogP) is 3.19. The summed E-state index contributed by atoms with van der Waals surface area (Å²) in [5.41, 5.74) is 0.179. The molecule has 4 heteroatoms. The summed E-state index contributed by atoms with van der Waals surface area (Å²) < 4.78 is 0. The molecule has 0 radical (unpaired) electrons. The molecule has 0 aromatic rings. The van der Waals surface area contributed by atoms with Gasteiger partial charge in [-0.05, 0) is 31.4 Å². The number of alkyl halides is 1. The van der Waals surface area contributed by atoms with Crippen LogP contribution in [0.5, 0.6) is 0 Å². The van der Waals surface area contributed by atoms with Crippen molar-refractivity contribution in [2.24, 2.45) is 5.41 Å². The Morgan fingerprint density at radius 3 is 2.65 bits per heavy atom. The number of halogens is 1. The second-order valence-corrected chi connectivity index (χ2v) is 6.99. The van der Waals surface area contributed by atoms with Gasteiger partial charge in [-0.3, -0.25) is 4.79 Å². The molecule has 1 unspecified atom stereocenters. The maximum atomic E-state index is 12.0. The van der Waals surface area contributed by atoms with Crippen LogP contribution in [-0.2, 0) is 4.79 Å². The maximum absolute atomic E-state index is 12.0. The molecule has 2 rings (SSSR count). The highest BCUT2D eigenvalue weighted by atomic mass is 35.5. The number of hydrogen-bond donors (Lipinski definition) is 1. The van der Waals surface area contributed by atoms with E-state index in [2.05, 4.69) is 5.32 Å². The monoisotopic (exact) mass is 275 g/mol. The van der Waals surface area contributed by atoms with Gasteiger partial charge in [0.05, 0.1) is 5.25 Å². The number of rotatable bonds is 4. The van der Waals surface area contributed by atoms with Crippen molar-refractivity contribution >= 4 is 29.3 Å². The molecule has 17 heavy (non-hydrogen) atoms. The summed E-state index contributed by atoms with van der Waals surface area (Å²) in [6, 6.07) is 0. The molecule has 1 aliphatic heterocycles. The van der Waals surface area contributed by atoms with E-state index in [4.69, 9.17) is 11.6 Å². The zero-order valence-electron chi connectivity index (χ0n) is 10.3. The van der Waals surface area contributed by atoms with Crippen LogP contribution in [-0.4, -0.2) is 29.3 Å². The summed E-state index contributed by atoms with van der Waals surface area (Å²) in [7, 11) is 0. The normalized spacial score (nSPS) is 27.9. The van der Waals surface area contributed by atoms with Gasteiger partial charge in [0.2, 0.25) is 5.91 Å². The molecule has 1 amide bonds. The van der Waals surface area contributed by atoms with E-state index >= 15 is 0 Å². The molecule has 2 aliphatic rings. The van der Waals surface area contributed by atoms with Crippen molar-refractivity contribution in [2.45, 2.75) is 50.2 Å². The predicted molar refractivity (Wildman–Crippen MR) is 74.7 cm³/mol. The molecule has 1 heterocycles. The molecule has 1 saturated carbocycles. The second kappa shape index (κ2) is 6.33. The van der Waals surface area contributed by atoms with Gasteiger partial charge in [0.25, 0.3) is 0 Å². The average Bonchev–Trinajstić information content (AvgIpc) is 2.91. The van der Waals surface area contributed by atoms with E-state index in [1.165, 1.54) is 38.5 Å². The van der Waals surface area contributed by atoms with Crippen molar-refractivity contribution in [2.75, 3.05) is 18.2 Å². The summed E-state index contributed by atoms with van der Waals surface area (Å²) in [5.74, 6) is 2.06. The van der Waals surface area contributed by atoms with Crippen molar-refractivity contribution in [3.8, 4) is 0 Å². The van der Waals surface area contributed by atoms with Crippen LogP contribution in [0, 0.1) is 5.41 Å². The Hall–Kier alpha value is 0.110. The quantitative estimate of drug-likeness (QED) is 0.799. The lowest BCUT2D eigenvalue weighted by atomic mass is 9.75. The Labute approximate surface area is 113 Å². The third kappa shape index (κ3) is 3.54. The lowest BCUT2D eigenvalue weighted by Gasteiger charge is -2.35. The zero-order chi connectivity index (χ0) is 12.1. The van der Waals surface area contributed by atoms with Gasteiger partial charge in [0.1, 0.15) is 0 Å². The van der Waals surface area contributed by atoms with Crippen molar-refractivity contribution in [3.63, 3.8) is 0 Å². The molecule has 0 aromatic carbocycles. The van der Waals surface area contributed by atoms with E-state index in [0.29, 0.717) is 5.88 Å². The van der Waals surface area contributed by atoms with E-state index in [0.717, 1.165) is 18.7 Å². The van der Waals surface area contributed by atoms with Crippen molar-refractivity contribution < 1.29 is 4.79 Å². The van der Waals surface area contributed by atoms with Gasteiger partial charge in [0, 0.05) is 17.8 Å². The van der Waals surface area contributed by atoms with Crippen LogP contribution in [0.4, 0.5) is 0 Å². The number of hydrogen-bond acceptors (Lipinski definition) is 2. The molecular formula is C13H22ClNOS. The molecule has 0 aromatic heterocycles. The van der Waals surface area contributed by atoms with E-state index in [-0.39, 0.29) is 16.6 Å². The van der Waals surface area contributed by atoms with Gasteiger partial charge < -0.3 is 5.32 Å². The molecule has 1 saturated heterocycles. The standard InChI is InChI=1S/C13H22ClNOS/c14-9-13(6-2-1-3-7-13)10-15-12(16)11-5-4-8-17-11/h11H,1-10H2,(H,15,16). The molecule has 98 valence electrons. The minimum atomic E-state index is 0.179. The Balaban J connectivity index is 1.80. The highest BCUT2D eigenvalue weighted by Crippen LogP contribution is 2.37. The Morgan fingerprint density at radius 1 is 1.29 bits per heavy atom. The molecule has 1 aliphatic carbocycles. The number of amides is 1. The lowest BCUT2D eigenvalue weighted by molar-refractivity contribution is -0.121. The minimum absolute atomic E-state index is 0.179. The third-order valence-corrected chi connectivity index (χ3v) is 6.00. The third-order valence-electron chi connectivity index (χ3n) is 4.06. The van der Waals surface area contributed by atoms with Crippen molar-refractivity contribution in [3.05, 3.63) is 0 Å². The van der Waals surface area contributed by atoms with E-state index < -0.39 is 0 Å². The largest absolute Gasteiger partial charge is 0.355 e. The highest BCUT2D eigenvalue weighted by molar-refractivity contribution is 8.00. The zero-order valence-corrected chi connectivity index (χ0v) is 11.9. The molecule has 1 atom stereocenters. The van der Waals surface area contributed by atoms with Gasteiger partial charge >= 0.3 is 0 Å². The summed E-state index contributed by atoms with van der Waals surface area (Å²) in [6.07, 6.45) is 8.43. The van der Waals surface area contributed by atoms with Crippen LogP contribution in [0.3, 0.4) is 0 Å². The van der Waals surface area contributed by atoms with Crippen molar-refractivity contribution in [1.29, 1.82) is 0 Å². The first-order chi connectivity index (χ1) is 8.26. The topological polar surface area (TPSA) is 29.1 Å². The number of nitrogens with one attached hydrogen (secondary N) is 1. The maximum Gasteiger partial charge on any atom is 0.233 e. The second-order valence-electron chi connectivity index (χ2n) is 5.41. The van der Waals surface area contributed by atoms with Gasteiger partial charge in [-0.25, -0.2) is 0 Å². The minimum Gasteiger partial charge on any atom is -0.355 e. The first kappa shape index (κ1) is 13.5. The van der Waals surface area contributed by atoms with Crippen LogP contribution in [0.2, 0.25) is 0 Å². The van der Waals surface area contributed by atoms with Crippen LogP contribution < -0.4 is 5.32 Å². The van der Waals surface area contributed by atoms with Gasteiger partial charge in [-0.2, -0.15) is 0 Å². The number of carbonyl (C=O) groups excluding carboxylic acids is 1. The Bertz CT molecular complexity index is 260. The molecule has 0 spiro atoms. The molecule has 2 nitrogen and oxygen atoms in total. The van der Waals surface area contributed by atoms with Gasteiger partial charge in [-0.15, -0.1) is 23.4 Å². The number of thioether (sulfide) groups is 1. The average molecular weight is 276 g/mol. The summed E-state index contributed by atoms with van der Waals surface area (Å²) >= 11 is 7.92. The first-order valence-electron chi connectivity index (χ1n) is 6.71. The summed E-state index contributed by atoms with van der Waals surface area (Å²) in [6.45, 7) is 0.784. The number of carbonyl (C=O) groups is 1. The molecule has 2 fully saturated rings. The van der Waals surface area contributed by atoms with Gasteiger partial charge in [0.15, 0.2) is 0 Å².